The van der Waals surface area contributed by atoms with E-state index in [0.29, 0.717) is 16.1 Å². The van der Waals surface area contributed by atoms with Crippen molar-refractivity contribution >= 4 is 28.4 Å². The van der Waals surface area contributed by atoms with E-state index in [2.05, 4.69) is 4.98 Å². The molecule has 1 unspecified atom stereocenters. The molecule has 0 N–H and O–H groups in total. The zero-order valence-corrected chi connectivity index (χ0v) is 13.7. The third-order valence-electron chi connectivity index (χ3n) is 4.32. The Kier molecular flexibility index (Phi) is 4.34. The van der Waals surface area contributed by atoms with Crippen LogP contribution in [0.5, 0.6) is 0 Å². The van der Waals surface area contributed by atoms with Crippen molar-refractivity contribution in [2.75, 3.05) is 0 Å². The highest BCUT2D eigenvalue weighted by atomic mass is 32.2. The van der Waals surface area contributed by atoms with Crippen LogP contribution in [0.4, 0.5) is 0 Å². The van der Waals surface area contributed by atoms with Gasteiger partial charge in [-0.05, 0) is 38.8 Å². The number of rotatable bonds is 4. The van der Waals surface area contributed by atoms with Crippen molar-refractivity contribution in [1.29, 1.82) is 0 Å². The van der Waals surface area contributed by atoms with Crippen LogP contribution in [0, 0.1) is 0 Å². The number of hydrogen-bond donors (Lipinski definition) is 0. The summed E-state index contributed by atoms with van der Waals surface area (Å²) in [4.78, 5) is 29.2. The number of benzene rings is 1. The van der Waals surface area contributed by atoms with Gasteiger partial charge in [0.15, 0.2) is 5.16 Å². The SMILES string of the molecule is CC(=O)C(C)Sc1nc2ccccc2c(=O)n1C1CCCC1. The van der Waals surface area contributed by atoms with Gasteiger partial charge in [0, 0.05) is 6.04 Å². The molecule has 0 aliphatic heterocycles. The monoisotopic (exact) mass is 316 g/mol. The summed E-state index contributed by atoms with van der Waals surface area (Å²) in [7, 11) is 0. The lowest BCUT2D eigenvalue weighted by atomic mass is 10.2. The molecule has 1 aliphatic carbocycles. The molecule has 0 spiro atoms. The predicted octanol–water partition coefficient (Wildman–Crippen LogP) is 3.58. The Morgan fingerprint density at radius 1 is 1.32 bits per heavy atom. The number of aromatic nitrogens is 2. The van der Waals surface area contributed by atoms with Crippen LogP contribution in [0.15, 0.2) is 34.2 Å². The second kappa shape index (κ2) is 6.24. The summed E-state index contributed by atoms with van der Waals surface area (Å²) >= 11 is 1.40. The fourth-order valence-corrected chi connectivity index (χ4v) is 3.91. The van der Waals surface area contributed by atoms with Crippen LogP contribution in [-0.4, -0.2) is 20.6 Å². The average molecular weight is 316 g/mol. The maximum absolute atomic E-state index is 12.9. The lowest BCUT2D eigenvalue weighted by molar-refractivity contribution is -0.116. The van der Waals surface area contributed by atoms with Gasteiger partial charge in [0.2, 0.25) is 0 Å². The van der Waals surface area contributed by atoms with Gasteiger partial charge < -0.3 is 0 Å². The van der Waals surface area contributed by atoms with E-state index >= 15 is 0 Å². The summed E-state index contributed by atoms with van der Waals surface area (Å²) in [6, 6.07) is 7.66. The molecule has 0 radical (unpaired) electrons. The molecule has 1 heterocycles. The van der Waals surface area contributed by atoms with E-state index in [1.807, 2.05) is 35.8 Å². The third-order valence-corrected chi connectivity index (χ3v) is 5.50. The molecule has 1 atom stereocenters. The third kappa shape index (κ3) is 2.82. The van der Waals surface area contributed by atoms with E-state index in [0.717, 1.165) is 25.7 Å². The number of nitrogens with zero attached hydrogens (tertiary/aromatic N) is 2. The molecule has 1 saturated carbocycles. The van der Waals surface area contributed by atoms with Crippen LogP contribution < -0.4 is 5.56 Å². The van der Waals surface area contributed by atoms with E-state index < -0.39 is 0 Å². The van der Waals surface area contributed by atoms with Crippen molar-refractivity contribution in [3.05, 3.63) is 34.6 Å². The summed E-state index contributed by atoms with van der Waals surface area (Å²) in [5.41, 5.74) is 0.732. The quantitative estimate of drug-likeness (QED) is 0.639. The van der Waals surface area contributed by atoms with Crippen LogP contribution in [0.3, 0.4) is 0 Å². The number of thioether (sulfide) groups is 1. The second-order valence-corrected chi connectivity index (χ2v) is 7.20. The minimum absolute atomic E-state index is 0.0238. The van der Waals surface area contributed by atoms with Gasteiger partial charge >= 0.3 is 0 Å². The molecule has 0 saturated heterocycles. The second-order valence-electron chi connectivity index (χ2n) is 5.90. The molecule has 0 amide bonds. The number of para-hydroxylation sites is 1. The highest BCUT2D eigenvalue weighted by Gasteiger charge is 2.24. The number of fused-ring (bicyclic) bond motifs is 1. The normalized spacial score (nSPS) is 17.0. The predicted molar refractivity (Wildman–Crippen MR) is 89.5 cm³/mol. The lowest BCUT2D eigenvalue weighted by Crippen LogP contribution is -2.27. The van der Waals surface area contributed by atoms with Crippen molar-refractivity contribution in [1.82, 2.24) is 9.55 Å². The van der Waals surface area contributed by atoms with Gasteiger partial charge in [0.25, 0.3) is 5.56 Å². The summed E-state index contributed by atoms with van der Waals surface area (Å²) < 4.78 is 1.83. The van der Waals surface area contributed by atoms with Gasteiger partial charge in [-0.15, -0.1) is 0 Å². The van der Waals surface area contributed by atoms with Crippen molar-refractivity contribution in [3.63, 3.8) is 0 Å². The molecule has 116 valence electrons. The fraction of sp³-hybridized carbons (Fsp3) is 0.471. The molecule has 1 fully saturated rings. The number of Topliss-reactive ketones (excluding diaryl/α,β-unsaturated/α-hetero) is 1. The lowest BCUT2D eigenvalue weighted by Gasteiger charge is -2.19. The van der Waals surface area contributed by atoms with Crippen LogP contribution in [0.2, 0.25) is 0 Å². The average Bonchev–Trinajstić information content (AvgIpc) is 3.01. The van der Waals surface area contributed by atoms with Crippen LogP contribution in [-0.2, 0) is 4.79 Å². The zero-order valence-electron chi connectivity index (χ0n) is 12.9. The number of hydrogen-bond acceptors (Lipinski definition) is 4. The molecule has 0 bridgehead atoms. The highest BCUT2D eigenvalue weighted by molar-refractivity contribution is 8.00. The molecular formula is C17H20N2O2S. The zero-order chi connectivity index (χ0) is 15.7. The smallest absolute Gasteiger partial charge is 0.262 e. The Balaban J connectivity index is 2.16. The largest absolute Gasteiger partial charge is 0.299 e. The van der Waals surface area contributed by atoms with E-state index in [1.165, 1.54) is 11.8 Å². The van der Waals surface area contributed by atoms with Gasteiger partial charge in [0.05, 0.1) is 16.2 Å². The van der Waals surface area contributed by atoms with Crippen LogP contribution in [0.1, 0.15) is 45.6 Å². The Hall–Kier alpha value is -1.62. The Morgan fingerprint density at radius 3 is 2.68 bits per heavy atom. The fourth-order valence-electron chi connectivity index (χ4n) is 2.93. The maximum atomic E-state index is 12.9. The molecule has 1 aromatic heterocycles. The molecular weight excluding hydrogens is 296 g/mol. The standard InChI is InChI=1S/C17H20N2O2S/c1-11(20)12(2)22-17-18-15-10-6-5-9-14(15)16(21)19(17)13-7-3-4-8-13/h5-6,9-10,12-13H,3-4,7-8H2,1-2H3. The molecule has 1 aliphatic rings. The Bertz CT molecular complexity index is 763. The van der Waals surface area contributed by atoms with Gasteiger partial charge in [-0.2, -0.15) is 0 Å². The van der Waals surface area contributed by atoms with E-state index in [4.69, 9.17) is 0 Å². The molecule has 1 aromatic carbocycles. The van der Waals surface area contributed by atoms with E-state index in [-0.39, 0.29) is 22.6 Å². The molecule has 4 nitrogen and oxygen atoms in total. The van der Waals surface area contributed by atoms with Crippen molar-refractivity contribution in [2.45, 2.75) is 56.0 Å². The van der Waals surface area contributed by atoms with Gasteiger partial charge in [-0.1, -0.05) is 36.7 Å². The molecule has 2 aromatic rings. The number of carbonyl (C=O) groups is 1. The van der Waals surface area contributed by atoms with E-state index in [9.17, 15) is 9.59 Å². The molecule has 3 rings (SSSR count). The van der Waals surface area contributed by atoms with Crippen molar-refractivity contribution in [3.8, 4) is 0 Å². The summed E-state index contributed by atoms with van der Waals surface area (Å²) in [6.07, 6.45) is 4.33. The first kappa shape index (κ1) is 15.3. The Labute approximate surface area is 133 Å². The van der Waals surface area contributed by atoms with E-state index in [1.54, 1.807) is 6.92 Å². The summed E-state index contributed by atoms with van der Waals surface area (Å²) in [6.45, 7) is 3.45. The van der Waals surface area contributed by atoms with Crippen molar-refractivity contribution in [2.24, 2.45) is 0 Å². The van der Waals surface area contributed by atoms with Crippen LogP contribution >= 0.6 is 11.8 Å². The first-order valence-corrected chi connectivity index (χ1v) is 8.64. The Morgan fingerprint density at radius 2 is 2.00 bits per heavy atom. The number of ketones is 1. The first-order valence-electron chi connectivity index (χ1n) is 7.76. The maximum Gasteiger partial charge on any atom is 0.262 e. The van der Waals surface area contributed by atoms with Gasteiger partial charge in [-0.3, -0.25) is 14.2 Å². The first-order chi connectivity index (χ1) is 10.6. The topological polar surface area (TPSA) is 52.0 Å². The minimum atomic E-state index is -0.194. The number of carbonyl (C=O) groups excluding carboxylic acids is 1. The molecule has 22 heavy (non-hydrogen) atoms. The summed E-state index contributed by atoms with van der Waals surface area (Å²) in [5, 5.41) is 1.15. The van der Waals surface area contributed by atoms with Gasteiger partial charge in [-0.25, -0.2) is 4.98 Å². The van der Waals surface area contributed by atoms with Gasteiger partial charge in [0.1, 0.15) is 5.78 Å². The van der Waals surface area contributed by atoms with Crippen LogP contribution in [0.25, 0.3) is 10.9 Å². The molecule has 5 heteroatoms. The highest BCUT2D eigenvalue weighted by Crippen LogP contribution is 2.33. The minimum Gasteiger partial charge on any atom is -0.299 e. The summed E-state index contributed by atoms with van der Waals surface area (Å²) in [5.74, 6) is 0.102. The van der Waals surface area contributed by atoms with Crippen molar-refractivity contribution < 1.29 is 4.79 Å².